The lowest BCUT2D eigenvalue weighted by atomic mass is 10.0. The smallest absolute Gasteiger partial charge is 0.145 e. The summed E-state index contributed by atoms with van der Waals surface area (Å²) < 4.78 is 26.6. The predicted octanol–water partition coefficient (Wildman–Crippen LogP) is 4.42. The van der Waals surface area contributed by atoms with Gasteiger partial charge in [0.1, 0.15) is 11.6 Å². The molecular formula is C15H12Cl2F2O. The molecule has 0 spiro atoms. The van der Waals surface area contributed by atoms with E-state index >= 15 is 0 Å². The second-order valence-electron chi connectivity index (χ2n) is 4.51. The third kappa shape index (κ3) is 3.69. The molecule has 0 saturated heterocycles. The molecule has 0 bridgehead atoms. The number of aliphatic hydroxyl groups is 1. The van der Waals surface area contributed by atoms with Crippen LogP contribution in [0.2, 0.25) is 10.0 Å². The van der Waals surface area contributed by atoms with Crippen LogP contribution in [0.25, 0.3) is 0 Å². The zero-order valence-electron chi connectivity index (χ0n) is 10.4. The molecule has 5 heteroatoms. The van der Waals surface area contributed by atoms with Crippen molar-refractivity contribution in [2.75, 3.05) is 0 Å². The summed E-state index contributed by atoms with van der Waals surface area (Å²) >= 11 is 11.6. The van der Waals surface area contributed by atoms with Gasteiger partial charge in [0.05, 0.1) is 11.1 Å². The second-order valence-corrected chi connectivity index (χ2v) is 5.33. The maximum absolute atomic E-state index is 13.7. The fourth-order valence-corrected chi connectivity index (χ4v) is 2.41. The first-order valence-electron chi connectivity index (χ1n) is 6.02. The summed E-state index contributed by atoms with van der Waals surface area (Å²) in [6, 6.07) is 8.60. The van der Waals surface area contributed by atoms with Crippen molar-refractivity contribution in [1.82, 2.24) is 0 Å². The fourth-order valence-electron chi connectivity index (χ4n) is 1.97. The van der Waals surface area contributed by atoms with Crippen LogP contribution in [0.15, 0.2) is 36.4 Å². The molecule has 0 radical (unpaired) electrons. The van der Waals surface area contributed by atoms with Gasteiger partial charge in [-0.3, -0.25) is 0 Å². The predicted molar refractivity (Wildman–Crippen MR) is 76.2 cm³/mol. The van der Waals surface area contributed by atoms with Crippen LogP contribution in [0.4, 0.5) is 8.78 Å². The number of halogens is 4. The molecule has 0 aromatic heterocycles. The zero-order chi connectivity index (χ0) is 14.7. The Hall–Kier alpha value is -1.16. The van der Waals surface area contributed by atoms with Gasteiger partial charge in [-0.2, -0.15) is 0 Å². The first-order valence-corrected chi connectivity index (χ1v) is 6.78. The van der Waals surface area contributed by atoms with Crippen molar-refractivity contribution in [2.24, 2.45) is 0 Å². The van der Waals surface area contributed by atoms with E-state index in [1.807, 2.05) is 0 Å². The summed E-state index contributed by atoms with van der Waals surface area (Å²) in [7, 11) is 0. The number of hydrogen-bond donors (Lipinski definition) is 1. The van der Waals surface area contributed by atoms with Crippen LogP contribution in [0, 0.1) is 11.6 Å². The monoisotopic (exact) mass is 316 g/mol. The van der Waals surface area contributed by atoms with Crippen LogP contribution >= 0.6 is 23.2 Å². The molecule has 1 unspecified atom stereocenters. The number of hydrogen-bond acceptors (Lipinski definition) is 1. The van der Waals surface area contributed by atoms with Gasteiger partial charge in [0.15, 0.2) is 0 Å². The molecule has 0 aliphatic rings. The first kappa shape index (κ1) is 15.2. The summed E-state index contributed by atoms with van der Waals surface area (Å²) in [6.45, 7) is 0. The summed E-state index contributed by atoms with van der Waals surface area (Å²) in [5.74, 6) is -0.965. The third-order valence-corrected chi connectivity index (χ3v) is 3.60. The van der Waals surface area contributed by atoms with Crippen LogP contribution in [0.1, 0.15) is 11.1 Å². The molecule has 106 valence electrons. The molecule has 1 atom stereocenters. The van der Waals surface area contributed by atoms with Crippen LogP contribution < -0.4 is 0 Å². The first-order chi connectivity index (χ1) is 9.47. The fraction of sp³-hybridized carbons (Fsp3) is 0.200. The van der Waals surface area contributed by atoms with Crippen LogP contribution in [-0.2, 0) is 12.8 Å². The van der Waals surface area contributed by atoms with Gasteiger partial charge >= 0.3 is 0 Å². The molecule has 2 rings (SSSR count). The highest BCUT2D eigenvalue weighted by molar-refractivity contribution is 6.31. The summed E-state index contributed by atoms with van der Waals surface area (Å²) in [4.78, 5) is 0. The van der Waals surface area contributed by atoms with Gasteiger partial charge in [-0.1, -0.05) is 41.4 Å². The molecule has 1 N–H and O–H groups in total. The Balaban J connectivity index is 2.09. The standard InChI is InChI=1S/C15H12Cl2F2O/c16-13-3-1-2-10(15(13)19)7-12(20)6-9-4-5-11(18)8-14(9)17/h1-5,8,12,20H,6-7H2. The molecule has 2 aromatic rings. The van der Waals surface area contributed by atoms with E-state index in [0.29, 0.717) is 11.1 Å². The minimum atomic E-state index is -0.828. The molecule has 2 aromatic carbocycles. The Morgan fingerprint density at radius 2 is 1.65 bits per heavy atom. The van der Waals surface area contributed by atoms with E-state index in [1.165, 1.54) is 24.3 Å². The lowest BCUT2D eigenvalue weighted by Gasteiger charge is -2.13. The van der Waals surface area contributed by atoms with E-state index in [1.54, 1.807) is 12.1 Å². The number of rotatable bonds is 4. The van der Waals surface area contributed by atoms with Gasteiger partial charge in [-0.25, -0.2) is 8.78 Å². The molecule has 0 saturated carbocycles. The lowest BCUT2D eigenvalue weighted by Crippen LogP contribution is -2.15. The summed E-state index contributed by atoms with van der Waals surface area (Å²) in [5.41, 5.74) is 0.950. The highest BCUT2D eigenvalue weighted by Gasteiger charge is 2.14. The molecule has 1 nitrogen and oxygen atoms in total. The zero-order valence-corrected chi connectivity index (χ0v) is 11.9. The maximum atomic E-state index is 13.7. The van der Waals surface area contributed by atoms with Crippen molar-refractivity contribution < 1.29 is 13.9 Å². The van der Waals surface area contributed by atoms with E-state index in [2.05, 4.69) is 0 Å². The van der Waals surface area contributed by atoms with Crippen molar-refractivity contribution in [3.05, 3.63) is 69.2 Å². The van der Waals surface area contributed by atoms with Gasteiger partial charge < -0.3 is 5.11 Å². The van der Waals surface area contributed by atoms with Crippen molar-refractivity contribution >= 4 is 23.2 Å². The molecule has 0 fully saturated rings. The van der Waals surface area contributed by atoms with Crippen LogP contribution in [-0.4, -0.2) is 11.2 Å². The quantitative estimate of drug-likeness (QED) is 0.885. The minimum absolute atomic E-state index is 0.0227. The Labute approximate surface area is 125 Å². The Morgan fingerprint density at radius 3 is 2.35 bits per heavy atom. The van der Waals surface area contributed by atoms with Gasteiger partial charge in [0, 0.05) is 17.9 Å². The molecule has 0 heterocycles. The van der Waals surface area contributed by atoms with E-state index in [0.717, 1.165) is 0 Å². The topological polar surface area (TPSA) is 20.2 Å². The Kier molecular flexibility index (Phi) is 4.97. The van der Waals surface area contributed by atoms with Gasteiger partial charge in [-0.15, -0.1) is 0 Å². The third-order valence-electron chi connectivity index (χ3n) is 2.96. The summed E-state index contributed by atoms with van der Waals surface area (Å²) in [6.07, 6.45) is -0.503. The van der Waals surface area contributed by atoms with Crippen LogP contribution in [0.3, 0.4) is 0 Å². The van der Waals surface area contributed by atoms with Crippen LogP contribution in [0.5, 0.6) is 0 Å². The van der Waals surface area contributed by atoms with E-state index in [-0.39, 0.29) is 22.9 Å². The van der Waals surface area contributed by atoms with E-state index < -0.39 is 17.7 Å². The molecule has 0 amide bonds. The van der Waals surface area contributed by atoms with Gasteiger partial charge in [0.2, 0.25) is 0 Å². The van der Waals surface area contributed by atoms with Gasteiger partial charge in [0.25, 0.3) is 0 Å². The molecular weight excluding hydrogens is 305 g/mol. The van der Waals surface area contributed by atoms with Crippen molar-refractivity contribution in [1.29, 1.82) is 0 Å². The Morgan fingerprint density at radius 1 is 0.950 bits per heavy atom. The van der Waals surface area contributed by atoms with Gasteiger partial charge in [-0.05, 0) is 29.3 Å². The molecule has 0 aliphatic carbocycles. The number of aliphatic hydroxyl groups excluding tert-OH is 1. The van der Waals surface area contributed by atoms with E-state index in [9.17, 15) is 13.9 Å². The molecule has 0 aliphatic heterocycles. The van der Waals surface area contributed by atoms with Crippen molar-refractivity contribution in [3.8, 4) is 0 Å². The average molecular weight is 317 g/mol. The maximum Gasteiger partial charge on any atom is 0.145 e. The number of benzene rings is 2. The lowest BCUT2D eigenvalue weighted by molar-refractivity contribution is 0.174. The minimum Gasteiger partial charge on any atom is -0.392 e. The molecule has 20 heavy (non-hydrogen) atoms. The largest absolute Gasteiger partial charge is 0.392 e. The van der Waals surface area contributed by atoms with Crippen molar-refractivity contribution in [2.45, 2.75) is 18.9 Å². The highest BCUT2D eigenvalue weighted by atomic mass is 35.5. The SMILES string of the molecule is OC(Cc1ccc(F)cc1Cl)Cc1cccc(Cl)c1F. The highest BCUT2D eigenvalue weighted by Crippen LogP contribution is 2.22. The van der Waals surface area contributed by atoms with E-state index in [4.69, 9.17) is 23.2 Å². The van der Waals surface area contributed by atoms with Crippen molar-refractivity contribution in [3.63, 3.8) is 0 Å². The second kappa shape index (κ2) is 6.53. The summed E-state index contributed by atoms with van der Waals surface area (Å²) in [5, 5.41) is 10.3. The Bertz CT molecular complexity index is 617. The normalized spacial score (nSPS) is 12.4. The average Bonchev–Trinajstić information content (AvgIpc) is 2.38.